The zero-order chi connectivity index (χ0) is 24.4. The molecule has 2 unspecified atom stereocenters. The molecule has 0 bridgehead atoms. The Kier molecular flexibility index (Phi) is 6.23. The summed E-state index contributed by atoms with van der Waals surface area (Å²) in [6.45, 7) is 0.531. The molecule has 0 radical (unpaired) electrons. The van der Waals surface area contributed by atoms with E-state index in [9.17, 15) is 19.5 Å². The van der Waals surface area contributed by atoms with Crippen molar-refractivity contribution in [3.05, 3.63) is 95.6 Å². The van der Waals surface area contributed by atoms with Crippen molar-refractivity contribution in [3.63, 3.8) is 0 Å². The first-order valence-corrected chi connectivity index (χ1v) is 11.7. The Morgan fingerprint density at radius 3 is 2.11 bits per heavy atom. The maximum atomic E-state index is 12.6. The molecule has 3 N–H and O–H groups in total. The van der Waals surface area contributed by atoms with Gasteiger partial charge in [0.15, 0.2) is 6.04 Å². The number of rotatable bonds is 8. The molecular weight excluding hydrogens is 444 g/mol. The Morgan fingerprint density at radius 1 is 0.886 bits per heavy atom. The number of nitrogens with one attached hydrogen (secondary N) is 2. The largest absolute Gasteiger partial charge is 0.479 e. The van der Waals surface area contributed by atoms with Gasteiger partial charge in [-0.2, -0.15) is 0 Å². The number of carbonyl (C=O) groups excluding carboxylic acids is 2. The predicted octanol–water partition coefficient (Wildman–Crippen LogP) is 4.10. The van der Waals surface area contributed by atoms with Crippen LogP contribution in [0.1, 0.15) is 35.1 Å². The Morgan fingerprint density at radius 2 is 1.49 bits per heavy atom. The number of amides is 2. The third kappa shape index (κ3) is 4.75. The zero-order valence-corrected chi connectivity index (χ0v) is 19.0. The normalized spacial score (nSPS) is 18.6. The molecule has 0 heterocycles. The molecule has 3 atom stereocenters. The summed E-state index contributed by atoms with van der Waals surface area (Å²) >= 11 is 0. The molecule has 3 aromatic rings. The van der Waals surface area contributed by atoms with E-state index in [1.807, 2.05) is 24.3 Å². The van der Waals surface area contributed by atoms with Crippen LogP contribution in [0.25, 0.3) is 11.1 Å². The number of ether oxygens (including phenoxy) is 1. The number of benzene rings is 3. The first-order valence-electron chi connectivity index (χ1n) is 11.7. The Labute approximate surface area is 203 Å². The maximum Gasteiger partial charge on any atom is 0.407 e. The highest BCUT2D eigenvalue weighted by Crippen LogP contribution is 2.44. The molecule has 3 aromatic carbocycles. The number of carboxylic acids is 1. The fraction of sp³-hybridized carbons (Fsp3) is 0.250. The van der Waals surface area contributed by atoms with E-state index in [0.717, 1.165) is 11.1 Å². The van der Waals surface area contributed by atoms with Crippen molar-refractivity contribution >= 4 is 18.0 Å². The van der Waals surface area contributed by atoms with Crippen molar-refractivity contribution in [1.82, 2.24) is 10.6 Å². The molecule has 7 heteroatoms. The number of aliphatic carboxylic acids is 1. The smallest absolute Gasteiger partial charge is 0.407 e. The van der Waals surface area contributed by atoms with Gasteiger partial charge in [-0.3, -0.25) is 4.79 Å². The second kappa shape index (κ2) is 9.62. The van der Waals surface area contributed by atoms with Crippen LogP contribution in [0, 0.1) is 11.8 Å². The third-order valence-corrected chi connectivity index (χ3v) is 6.78. The Balaban J connectivity index is 1.11. The molecule has 178 valence electrons. The standard InChI is InChI=1S/C28H26N2O5/c31-26(30-25(27(32)33)17-8-2-1-3-9-17)23-14-18(23)15-29-28(34)35-16-24-21-12-6-4-10-19(21)20-11-5-7-13-22(20)24/h1-13,18,23-25H,14-16H2,(H,29,34)(H,30,31)(H,32,33)/t18?,23?,25-/m1/s1. The monoisotopic (exact) mass is 470 g/mol. The summed E-state index contributed by atoms with van der Waals surface area (Å²) in [5.74, 6) is -1.81. The highest BCUT2D eigenvalue weighted by Gasteiger charge is 2.44. The van der Waals surface area contributed by atoms with Gasteiger partial charge in [0.05, 0.1) is 0 Å². The lowest BCUT2D eigenvalue weighted by Crippen LogP contribution is -2.35. The topological polar surface area (TPSA) is 105 Å². The molecule has 0 aromatic heterocycles. The second-order valence-electron chi connectivity index (χ2n) is 9.00. The predicted molar refractivity (Wildman–Crippen MR) is 130 cm³/mol. The van der Waals surface area contributed by atoms with Gasteiger partial charge in [0.1, 0.15) is 6.61 Å². The molecule has 35 heavy (non-hydrogen) atoms. The Bertz CT molecular complexity index is 1210. The van der Waals surface area contributed by atoms with Gasteiger partial charge < -0.3 is 20.5 Å². The summed E-state index contributed by atoms with van der Waals surface area (Å²) in [6, 6.07) is 23.8. The van der Waals surface area contributed by atoms with Crippen molar-refractivity contribution in [2.75, 3.05) is 13.2 Å². The minimum Gasteiger partial charge on any atom is -0.479 e. The molecule has 7 nitrogen and oxygen atoms in total. The quantitative estimate of drug-likeness (QED) is 0.460. The molecule has 0 spiro atoms. The number of fused-ring (bicyclic) bond motifs is 3. The van der Waals surface area contributed by atoms with Crippen LogP contribution >= 0.6 is 0 Å². The van der Waals surface area contributed by atoms with Crippen LogP contribution in [0.4, 0.5) is 4.79 Å². The molecule has 1 saturated carbocycles. The van der Waals surface area contributed by atoms with E-state index >= 15 is 0 Å². The van der Waals surface area contributed by atoms with E-state index in [1.165, 1.54) is 11.1 Å². The highest BCUT2D eigenvalue weighted by atomic mass is 16.5. The first-order chi connectivity index (χ1) is 17.0. The van der Waals surface area contributed by atoms with Gasteiger partial charge in [0, 0.05) is 18.4 Å². The molecule has 2 aliphatic carbocycles. The van der Waals surface area contributed by atoms with Gasteiger partial charge in [-0.15, -0.1) is 0 Å². The molecule has 5 rings (SSSR count). The molecule has 2 amide bonds. The minimum absolute atomic E-state index is 0.0152. The summed E-state index contributed by atoms with van der Waals surface area (Å²) in [5, 5.41) is 14.9. The van der Waals surface area contributed by atoms with Crippen LogP contribution in [-0.2, 0) is 14.3 Å². The van der Waals surface area contributed by atoms with Gasteiger partial charge in [0.25, 0.3) is 0 Å². The van der Waals surface area contributed by atoms with Crippen LogP contribution in [0.2, 0.25) is 0 Å². The van der Waals surface area contributed by atoms with Gasteiger partial charge in [-0.05, 0) is 40.2 Å². The van der Waals surface area contributed by atoms with Crippen LogP contribution in [0.3, 0.4) is 0 Å². The molecule has 0 saturated heterocycles. The lowest BCUT2D eigenvalue weighted by Gasteiger charge is -2.15. The van der Waals surface area contributed by atoms with E-state index < -0.39 is 18.1 Å². The lowest BCUT2D eigenvalue weighted by molar-refractivity contribution is -0.142. The lowest BCUT2D eigenvalue weighted by atomic mass is 9.98. The summed E-state index contributed by atoms with van der Waals surface area (Å²) in [5.41, 5.74) is 5.14. The van der Waals surface area contributed by atoms with Crippen molar-refractivity contribution < 1.29 is 24.2 Å². The average molecular weight is 471 g/mol. The van der Waals surface area contributed by atoms with Gasteiger partial charge >= 0.3 is 12.1 Å². The van der Waals surface area contributed by atoms with E-state index in [4.69, 9.17) is 4.74 Å². The van der Waals surface area contributed by atoms with Crippen LogP contribution < -0.4 is 10.6 Å². The van der Waals surface area contributed by atoms with E-state index in [2.05, 4.69) is 34.9 Å². The number of carbonyl (C=O) groups is 3. The van der Waals surface area contributed by atoms with Gasteiger partial charge in [-0.1, -0.05) is 78.9 Å². The molecule has 2 aliphatic rings. The van der Waals surface area contributed by atoms with E-state index in [-0.39, 0.29) is 30.3 Å². The van der Waals surface area contributed by atoms with Crippen LogP contribution in [0.5, 0.6) is 0 Å². The van der Waals surface area contributed by atoms with E-state index in [1.54, 1.807) is 30.3 Å². The van der Waals surface area contributed by atoms with E-state index in [0.29, 0.717) is 18.5 Å². The van der Waals surface area contributed by atoms with Crippen molar-refractivity contribution in [1.29, 1.82) is 0 Å². The number of hydrogen-bond donors (Lipinski definition) is 3. The highest BCUT2D eigenvalue weighted by molar-refractivity contribution is 5.87. The zero-order valence-electron chi connectivity index (χ0n) is 19.0. The fourth-order valence-electron chi connectivity index (χ4n) is 4.84. The molecule has 0 aliphatic heterocycles. The average Bonchev–Trinajstić information content (AvgIpc) is 3.60. The number of alkyl carbamates (subject to hydrolysis) is 1. The molecule has 1 fully saturated rings. The molecular formula is C28H26N2O5. The minimum atomic E-state index is -1.11. The van der Waals surface area contributed by atoms with Crippen molar-refractivity contribution in [3.8, 4) is 11.1 Å². The van der Waals surface area contributed by atoms with Crippen molar-refractivity contribution in [2.45, 2.75) is 18.4 Å². The Hall–Kier alpha value is -4.13. The van der Waals surface area contributed by atoms with Crippen LogP contribution in [0.15, 0.2) is 78.9 Å². The first kappa shape index (κ1) is 22.7. The summed E-state index contributed by atoms with van der Waals surface area (Å²) in [7, 11) is 0. The fourth-order valence-corrected chi connectivity index (χ4v) is 4.84. The third-order valence-electron chi connectivity index (χ3n) is 6.78. The summed E-state index contributed by atoms with van der Waals surface area (Å²) < 4.78 is 5.54. The SMILES string of the molecule is O=C(NCC1CC1C(=O)N[C@@H](C(=O)O)c1ccccc1)OCC1c2ccccc2-c2ccccc21. The van der Waals surface area contributed by atoms with Gasteiger partial charge in [0.2, 0.25) is 5.91 Å². The van der Waals surface area contributed by atoms with Crippen molar-refractivity contribution in [2.24, 2.45) is 11.8 Å². The maximum absolute atomic E-state index is 12.6. The second-order valence-corrected chi connectivity index (χ2v) is 9.00. The summed E-state index contributed by atoms with van der Waals surface area (Å²) in [6.07, 6.45) is 0.0713. The van der Waals surface area contributed by atoms with Crippen LogP contribution in [-0.4, -0.2) is 36.2 Å². The summed E-state index contributed by atoms with van der Waals surface area (Å²) in [4.78, 5) is 36.6. The number of carboxylic acid groups (broad SMARTS) is 1. The number of hydrogen-bond acceptors (Lipinski definition) is 4. The van der Waals surface area contributed by atoms with Gasteiger partial charge in [-0.25, -0.2) is 9.59 Å².